The lowest BCUT2D eigenvalue weighted by Crippen LogP contribution is -2.37. The molecule has 7 heteroatoms. The number of benzene rings is 1. The van der Waals surface area contributed by atoms with E-state index in [2.05, 4.69) is 10.6 Å². The summed E-state index contributed by atoms with van der Waals surface area (Å²) in [5.41, 5.74) is 0.962. The smallest absolute Gasteiger partial charge is 0.239 e. The molecule has 0 atom stereocenters. The maximum Gasteiger partial charge on any atom is 0.239 e. The molecule has 1 rings (SSSR count). The van der Waals surface area contributed by atoms with Gasteiger partial charge in [-0.25, -0.2) is 8.42 Å². The van der Waals surface area contributed by atoms with E-state index in [-0.39, 0.29) is 24.6 Å². The number of carbonyl (C=O) groups is 2. The second kappa shape index (κ2) is 7.64. The van der Waals surface area contributed by atoms with Gasteiger partial charge in [-0.3, -0.25) is 9.59 Å². The van der Waals surface area contributed by atoms with Crippen LogP contribution in [0.5, 0.6) is 0 Å². The van der Waals surface area contributed by atoms with Crippen molar-refractivity contribution < 1.29 is 18.0 Å². The highest BCUT2D eigenvalue weighted by atomic mass is 32.2. The van der Waals surface area contributed by atoms with Gasteiger partial charge in [-0.05, 0) is 5.56 Å². The summed E-state index contributed by atoms with van der Waals surface area (Å²) in [5.74, 6) is -0.989. The molecule has 0 aliphatic rings. The van der Waals surface area contributed by atoms with Crippen LogP contribution in [-0.4, -0.2) is 38.8 Å². The third-order valence-electron chi connectivity index (χ3n) is 2.48. The molecule has 0 fully saturated rings. The van der Waals surface area contributed by atoms with Crippen LogP contribution in [0.15, 0.2) is 30.3 Å². The second-order valence-electron chi connectivity index (χ2n) is 4.42. The molecule has 2 N–H and O–H groups in total. The van der Waals surface area contributed by atoms with Crippen molar-refractivity contribution in [2.75, 3.05) is 18.6 Å². The zero-order valence-corrected chi connectivity index (χ0v) is 12.1. The molecule has 2 amide bonds. The van der Waals surface area contributed by atoms with E-state index in [0.29, 0.717) is 6.54 Å². The molecule has 1 aromatic carbocycles. The van der Waals surface area contributed by atoms with Gasteiger partial charge >= 0.3 is 0 Å². The summed E-state index contributed by atoms with van der Waals surface area (Å²) < 4.78 is 21.7. The highest BCUT2D eigenvalue weighted by Crippen LogP contribution is 1.96. The Morgan fingerprint density at radius 3 is 2.30 bits per heavy atom. The Morgan fingerprint density at radius 1 is 1.05 bits per heavy atom. The fourth-order valence-electron chi connectivity index (χ4n) is 1.40. The van der Waals surface area contributed by atoms with E-state index in [1.165, 1.54) is 0 Å². The Balaban J connectivity index is 2.21. The van der Waals surface area contributed by atoms with Gasteiger partial charge in [0.15, 0.2) is 0 Å². The van der Waals surface area contributed by atoms with Crippen LogP contribution in [0, 0.1) is 0 Å². The first-order valence-electron chi connectivity index (χ1n) is 6.12. The zero-order chi connectivity index (χ0) is 15.0. The summed E-state index contributed by atoms with van der Waals surface area (Å²) in [6.07, 6.45) is 0.928. The lowest BCUT2D eigenvalue weighted by molar-refractivity contribution is -0.125. The lowest BCUT2D eigenvalue weighted by Gasteiger charge is -2.06. The first kappa shape index (κ1) is 16.2. The summed E-state index contributed by atoms with van der Waals surface area (Å²) in [5, 5.41) is 5.03. The maximum atomic E-state index is 11.5. The molecule has 6 nitrogen and oxygen atoms in total. The van der Waals surface area contributed by atoms with Gasteiger partial charge in [0.2, 0.25) is 11.8 Å². The third kappa shape index (κ3) is 7.52. The highest BCUT2D eigenvalue weighted by molar-refractivity contribution is 7.90. The maximum absolute atomic E-state index is 11.5. The molecule has 0 saturated carbocycles. The number of carbonyl (C=O) groups excluding carboxylic acids is 2. The van der Waals surface area contributed by atoms with Crippen LogP contribution in [0.1, 0.15) is 12.0 Å². The van der Waals surface area contributed by atoms with Crippen LogP contribution in [0.25, 0.3) is 0 Å². The number of hydrogen-bond donors (Lipinski definition) is 2. The normalized spacial score (nSPS) is 10.8. The Kier molecular flexibility index (Phi) is 6.17. The SMILES string of the molecule is CS(=O)(=O)CCC(=O)NCC(=O)NCc1ccccc1. The Hall–Kier alpha value is -1.89. The fourth-order valence-corrected chi connectivity index (χ4v) is 1.96. The van der Waals surface area contributed by atoms with Crippen LogP contribution in [0.3, 0.4) is 0 Å². The van der Waals surface area contributed by atoms with Crippen LogP contribution in [-0.2, 0) is 26.0 Å². The second-order valence-corrected chi connectivity index (χ2v) is 6.68. The number of amides is 2. The third-order valence-corrected chi connectivity index (χ3v) is 3.42. The first-order valence-corrected chi connectivity index (χ1v) is 8.18. The standard InChI is InChI=1S/C13H18N2O4S/c1-20(18,19)8-7-12(16)15-10-13(17)14-9-11-5-3-2-4-6-11/h2-6H,7-10H2,1H3,(H,14,17)(H,15,16). The zero-order valence-electron chi connectivity index (χ0n) is 11.3. The predicted octanol–water partition coefficient (Wildman–Crippen LogP) is -0.146. The van der Waals surface area contributed by atoms with E-state index in [1.54, 1.807) is 0 Å². The topological polar surface area (TPSA) is 92.3 Å². The summed E-state index contributed by atoms with van der Waals surface area (Å²) >= 11 is 0. The van der Waals surface area contributed by atoms with E-state index in [1.807, 2.05) is 30.3 Å². The molecule has 1 aromatic rings. The van der Waals surface area contributed by atoms with Gasteiger partial charge in [0.1, 0.15) is 9.84 Å². The Bertz CT molecular complexity index is 555. The Labute approximate surface area is 118 Å². The molecule has 0 aromatic heterocycles. The molecule has 0 unspecified atom stereocenters. The minimum atomic E-state index is -3.17. The fraction of sp³-hybridized carbons (Fsp3) is 0.385. The van der Waals surface area contributed by atoms with Gasteiger partial charge in [-0.2, -0.15) is 0 Å². The van der Waals surface area contributed by atoms with Crippen molar-refractivity contribution in [3.8, 4) is 0 Å². The van der Waals surface area contributed by atoms with Gasteiger partial charge < -0.3 is 10.6 Å². The average Bonchev–Trinajstić information content (AvgIpc) is 2.41. The van der Waals surface area contributed by atoms with Gasteiger partial charge in [0, 0.05) is 19.2 Å². The van der Waals surface area contributed by atoms with Crippen molar-refractivity contribution in [1.29, 1.82) is 0 Å². The molecule has 0 spiro atoms. The minimum Gasteiger partial charge on any atom is -0.350 e. The molecule has 0 aliphatic heterocycles. The van der Waals surface area contributed by atoms with Crippen molar-refractivity contribution in [2.45, 2.75) is 13.0 Å². The van der Waals surface area contributed by atoms with Gasteiger partial charge in [0.25, 0.3) is 0 Å². The number of nitrogens with one attached hydrogen (secondary N) is 2. The van der Waals surface area contributed by atoms with Gasteiger partial charge in [-0.1, -0.05) is 30.3 Å². The molecule has 20 heavy (non-hydrogen) atoms. The number of rotatable bonds is 7. The summed E-state index contributed by atoms with van der Waals surface area (Å²) in [6.45, 7) is 0.230. The van der Waals surface area contributed by atoms with E-state index in [9.17, 15) is 18.0 Å². The van der Waals surface area contributed by atoms with Crippen LogP contribution < -0.4 is 10.6 Å². The van der Waals surface area contributed by atoms with Crippen molar-refractivity contribution in [2.24, 2.45) is 0 Å². The molecule has 110 valence electrons. The minimum absolute atomic E-state index is 0.134. The number of hydrogen-bond acceptors (Lipinski definition) is 4. The molecule has 0 bridgehead atoms. The largest absolute Gasteiger partial charge is 0.350 e. The van der Waals surface area contributed by atoms with Crippen LogP contribution in [0.2, 0.25) is 0 Å². The van der Waals surface area contributed by atoms with E-state index >= 15 is 0 Å². The first-order chi connectivity index (χ1) is 9.37. The van der Waals surface area contributed by atoms with Crippen LogP contribution >= 0.6 is 0 Å². The van der Waals surface area contributed by atoms with E-state index in [4.69, 9.17) is 0 Å². The summed E-state index contributed by atoms with van der Waals surface area (Å²) in [7, 11) is -3.17. The van der Waals surface area contributed by atoms with Crippen molar-refractivity contribution in [3.05, 3.63) is 35.9 Å². The predicted molar refractivity (Wildman–Crippen MR) is 75.6 cm³/mol. The summed E-state index contributed by atoms with van der Waals surface area (Å²) in [4.78, 5) is 22.8. The van der Waals surface area contributed by atoms with Crippen molar-refractivity contribution in [3.63, 3.8) is 0 Å². The monoisotopic (exact) mass is 298 g/mol. The molecule has 0 heterocycles. The van der Waals surface area contributed by atoms with Crippen LogP contribution in [0.4, 0.5) is 0 Å². The van der Waals surface area contributed by atoms with E-state index < -0.39 is 15.7 Å². The molecular weight excluding hydrogens is 280 g/mol. The highest BCUT2D eigenvalue weighted by Gasteiger charge is 2.09. The van der Waals surface area contributed by atoms with Gasteiger partial charge in [-0.15, -0.1) is 0 Å². The van der Waals surface area contributed by atoms with Crippen molar-refractivity contribution in [1.82, 2.24) is 10.6 Å². The number of sulfone groups is 1. The molecule has 0 radical (unpaired) electrons. The lowest BCUT2D eigenvalue weighted by atomic mass is 10.2. The molecule has 0 aliphatic carbocycles. The van der Waals surface area contributed by atoms with E-state index in [0.717, 1.165) is 11.8 Å². The molecular formula is C13H18N2O4S. The quantitative estimate of drug-likeness (QED) is 0.732. The summed E-state index contributed by atoms with van der Waals surface area (Å²) in [6, 6.07) is 9.38. The Morgan fingerprint density at radius 2 is 1.70 bits per heavy atom. The van der Waals surface area contributed by atoms with Crippen molar-refractivity contribution >= 4 is 21.7 Å². The average molecular weight is 298 g/mol. The molecule has 0 saturated heterocycles. The van der Waals surface area contributed by atoms with Gasteiger partial charge in [0.05, 0.1) is 12.3 Å².